The van der Waals surface area contributed by atoms with E-state index in [0.717, 1.165) is 19.6 Å². The van der Waals surface area contributed by atoms with Crippen molar-refractivity contribution in [1.29, 1.82) is 0 Å². The Hall–Kier alpha value is -1.11. The van der Waals surface area contributed by atoms with E-state index in [1.807, 2.05) is 0 Å². The fourth-order valence-electron chi connectivity index (χ4n) is 2.95. The first-order chi connectivity index (χ1) is 12.0. The molecule has 0 atom stereocenters. The Kier molecular flexibility index (Phi) is 6.02. The molecule has 134 valence electrons. The summed E-state index contributed by atoms with van der Waals surface area (Å²) in [5, 5.41) is 0.641. The molecule has 0 radical (unpaired) electrons. The number of morpholine rings is 1. The smallest absolute Gasteiger partial charge is 0.273 e. The molecule has 2 heterocycles. The van der Waals surface area contributed by atoms with Gasteiger partial charge in [-0.05, 0) is 18.6 Å². The SMILES string of the molecule is O=C1C(Cl)=C(c2ccc(Cl)cc2Cl)C(=O)N1CCCN1CCOCC1. The van der Waals surface area contributed by atoms with Gasteiger partial charge in [0.15, 0.2) is 0 Å². The van der Waals surface area contributed by atoms with Crippen LogP contribution in [-0.2, 0) is 14.3 Å². The second-order valence-corrected chi connectivity index (χ2v) is 7.10. The molecule has 1 aromatic carbocycles. The molecule has 8 heteroatoms. The highest BCUT2D eigenvalue weighted by Gasteiger charge is 2.38. The molecule has 1 aromatic rings. The second kappa shape index (κ2) is 8.06. The van der Waals surface area contributed by atoms with Crippen molar-refractivity contribution in [2.24, 2.45) is 0 Å². The van der Waals surface area contributed by atoms with Gasteiger partial charge in [0.25, 0.3) is 11.8 Å². The summed E-state index contributed by atoms with van der Waals surface area (Å²) in [4.78, 5) is 28.5. The van der Waals surface area contributed by atoms with Gasteiger partial charge >= 0.3 is 0 Å². The molecule has 0 aromatic heterocycles. The van der Waals surface area contributed by atoms with Crippen LogP contribution in [0.2, 0.25) is 10.0 Å². The standard InChI is InChI=1S/C17H17Cl3N2O3/c18-11-2-3-12(13(19)10-11)14-15(20)17(24)22(16(14)23)5-1-4-21-6-8-25-9-7-21/h2-3,10H,1,4-9H2. The Morgan fingerprint density at radius 2 is 1.72 bits per heavy atom. The zero-order valence-corrected chi connectivity index (χ0v) is 15.7. The quantitative estimate of drug-likeness (QED) is 0.709. The summed E-state index contributed by atoms with van der Waals surface area (Å²) in [6, 6.07) is 4.73. The van der Waals surface area contributed by atoms with Crippen molar-refractivity contribution < 1.29 is 14.3 Å². The summed E-state index contributed by atoms with van der Waals surface area (Å²) in [5.41, 5.74) is 0.560. The molecule has 0 unspecified atom stereocenters. The molecule has 25 heavy (non-hydrogen) atoms. The third kappa shape index (κ3) is 4.01. The number of hydrogen-bond donors (Lipinski definition) is 0. The van der Waals surface area contributed by atoms with Crippen LogP contribution in [0.25, 0.3) is 5.57 Å². The maximum Gasteiger partial charge on any atom is 0.273 e. The van der Waals surface area contributed by atoms with E-state index in [4.69, 9.17) is 39.5 Å². The van der Waals surface area contributed by atoms with Gasteiger partial charge in [0.2, 0.25) is 0 Å². The van der Waals surface area contributed by atoms with Crippen molar-refractivity contribution in [3.8, 4) is 0 Å². The fraction of sp³-hybridized carbons (Fsp3) is 0.412. The van der Waals surface area contributed by atoms with Crippen LogP contribution in [0.4, 0.5) is 0 Å². The van der Waals surface area contributed by atoms with Crippen LogP contribution in [0, 0.1) is 0 Å². The van der Waals surface area contributed by atoms with Crippen LogP contribution in [-0.4, -0.2) is 61.0 Å². The number of halogens is 3. The van der Waals surface area contributed by atoms with E-state index in [2.05, 4.69) is 4.90 Å². The summed E-state index contributed by atoms with van der Waals surface area (Å²) in [6.07, 6.45) is 0.684. The summed E-state index contributed by atoms with van der Waals surface area (Å²) in [5.74, 6) is -0.893. The molecule has 5 nitrogen and oxygen atoms in total. The van der Waals surface area contributed by atoms with Crippen molar-refractivity contribution in [3.63, 3.8) is 0 Å². The van der Waals surface area contributed by atoms with Gasteiger partial charge in [-0.1, -0.05) is 40.9 Å². The number of amides is 2. The average molecular weight is 404 g/mol. The molecular formula is C17H17Cl3N2O3. The van der Waals surface area contributed by atoms with Gasteiger partial charge in [0.1, 0.15) is 5.03 Å². The molecule has 0 aliphatic carbocycles. The Morgan fingerprint density at radius 1 is 1.00 bits per heavy atom. The lowest BCUT2D eigenvalue weighted by atomic mass is 10.1. The van der Waals surface area contributed by atoms with Crippen molar-refractivity contribution in [1.82, 2.24) is 9.80 Å². The first kappa shape index (κ1) is 18.7. The van der Waals surface area contributed by atoms with Crippen molar-refractivity contribution in [2.45, 2.75) is 6.42 Å². The minimum absolute atomic E-state index is 0.0967. The normalized spacial score (nSPS) is 19.2. The first-order valence-corrected chi connectivity index (χ1v) is 9.14. The van der Waals surface area contributed by atoms with Crippen LogP contribution in [0.1, 0.15) is 12.0 Å². The minimum Gasteiger partial charge on any atom is -0.379 e. The molecule has 0 bridgehead atoms. The van der Waals surface area contributed by atoms with E-state index in [1.54, 1.807) is 12.1 Å². The van der Waals surface area contributed by atoms with Gasteiger partial charge in [-0.2, -0.15) is 0 Å². The van der Waals surface area contributed by atoms with E-state index in [9.17, 15) is 9.59 Å². The van der Waals surface area contributed by atoms with Crippen LogP contribution < -0.4 is 0 Å². The van der Waals surface area contributed by atoms with Gasteiger partial charge < -0.3 is 4.74 Å². The zero-order valence-electron chi connectivity index (χ0n) is 13.4. The van der Waals surface area contributed by atoms with Gasteiger partial charge in [-0.25, -0.2) is 0 Å². The molecular weight excluding hydrogens is 387 g/mol. The van der Waals surface area contributed by atoms with Crippen LogP contribution in [0.15, 0.2) is 23.2 Å². The molecule has 2 aliphatic heterocycles. The van der Waals surface area contributed by atoms with Gasteiger partial charge in [0, 0.05) is 36.8 Å². The highest BCUT2D eigenvalue weighted by atomic mass is 35.5. The average Bonchev–Trinajstić information content (AvgIpc) is 2.80. The predicted molar refractivity (Wildman–Crippen MR) is 97.8 cm³/mol. The van der Waals surface area contributed by atoms with Crippen LogP contribution in [0.5, 0.6) is 0 Å². The molecule has 0 spiro atoms. The number of carbonyl (C=O) groups is 2. The lowest BCUT2D eigenvalue weighted by Crippen LogP contribution is -2.39. The van der Waals surface area contributed by atoms with E-state index >= 15 is 0 Å². The molecule has 0 N–H and O–H groups in total. The van der Waals surface area contributed by atoms with Crippen molar-refractivity contribution in [2.75, 3.05) is 39.4 Å². The molecule has 0 saturated carbocycles. The molecule has 1 fully saturated rings. The number of imide groups is 1. The van der Waals surface area contributed by atoms with E-state index in [0.29, 0.717) is 36.8 Å². The number of carbonyl (C=O) groups excluding carboxylic acids is 2. The van der Waals surface area contributed by atoms with E-state index in [1.165, 1.54) is 11.0 Å². The van der Waals surface area contributed by atoms with Crippen LogP contribution in [0.3, 0.4) is 0 Å². The summed E-state index contributed by atoms with van der Waals surface area (Å²) < 4.78 is 5.30. The number of rotatable bonds is 5. The Bertz CT molecular complexity index is 730. The summed E-state index contributed by atoms with van der Waals surface area (Å²) in [6.45, 7) is 4.29. The van der Waals surface area contributed by atoms with Gasteiger partial charge in [-0.3, -0.25) is 19.4 Å². The molecule has 1 saturated heterocycles. The second-order valence-electron chi connectivity index (χ2n) is 5.88. The zero-order chi connectivity index (χ0) is 18.0. The van der Waals surface area contributed by atoms with Crippen molar-refractivity contribution >= 4 is 52.2 Å². The number of nitrogens with zero attached hydrogens (tertiary/aromatic N) is 2. The summed E-state index contributed by atoms with van der Waals surface area (Å²) >= 11 is 18.2. The van der Waals surface area contributed by atoms with Gasteiger partial charge in [0.05, 0.1) is 23.8 Å². The number of hydrogen-bond acceptors (Lipinski definition) is 4. The Morgan fingerprint density at radius 3 is 2.40 bits per heavy atom. The van der Waals surface area contributed by atoms with E-state index in [-0.39, 0.29) is 15.6 Å². The Labute approximate surface area is 161 Å². The third-order valence-corrected chi connectivity index (χ3v) is 5.17. The minimum atomic E-state index is -0.477. The lowest BCUT2D eigenvalue weighted by Gasteiger charge is -2.27. The van der Waals surface area contributed by atoms with Crippen LogP contribution >= 0.6 is 34.8 Å². The maximum absolute atomic E-state index is 12.7. The Balaban J connectivity index is 1.68. The topological polar surface area (TPSA) is 49.9 Å². The fourth-order valence-corrected chi connectivity index (χ4v) is 3.74. The summed E-state index contributed by atoms with van der Waals surface area (Å²) in [7, 11) is 0. The van der Waals surface area contributed by atoms with E-state index < -0.39 is 11.8 Å². The van der Waals surface area contributed by atoms with Gasteiger partial charge in [-0.15, -0.1) is 0 Å². The molecule has 3 rings (SSSR count). The lowest BCUT2D eigenvalue weighted by molar-refractivity contribution is -0.136. The predicted octanol–water partition coefficient (Wildman–Crippen LogP) is 3.03. The number of ether oxygens (including phenoxy) is 1. The maximum atomic E-state index is 12.7. The molecule has 2 amide bonds. The number of benzene rings is 1. The van der Waals surface area contributed by atoms with Crippen molar-refractivity contribution in [3.05, 3.63) is 38.8 Å². The first-order valence-electron chi connectivity index (χ1n) is 8.00. The highest BCUT2D eigenvalue weighted by molar-refractivity contribution is 6.55. The highest BCUT2D eigenvalue weighted by Crippen LogP contribution is 2.36. The monoisotopic (exact) mass is 402 g/mol. The molecule has 2 aliphatic rings. The third-order valence-electron chi connectivity index (χ3n) is 4.27. The largest absolute Gasteiger partial charge is 0.379 e.